The highest BCUT2D eigenvalue weighted by Crippen LogP contribution is 2.37. The van der Waals surface area contributed by atoms with Gasteiger partial charge in [-0.15, -0.1) is 0 Å². The fraction of sp³-hybridized carbons (Fsp3) is 0.316. The summed E-state index contributed by atoms with van der Waals surface area (Å²) in [5, 5.41) is 2.98. The van der Waals surface area contributed by atoms with Gasteiger partial charge in [0.05, 0.1) is 5.92 Å². The van der Waals surface area contributed by atoms with E-state index in [2.05, 4.69) is 11.4 Å². The van der Waals surface area contributed by atoms with Gasteiger partial charge in [0.25, 0.3) is 0 Å². The first kappa shape index (κ1) is 17.0. The summed E-state index contributed by atoms with van der Waals surface area (Å²) in [6.07, 6.45) is 0. The highest BCUT2D eigenvalue weighted by atomic mass is 16.1. The van der Waals surface area contributed by atoms with Gasteiger partial charge in [-0.25, -0.2) is 0 Å². The minimum atomic E-state index is -0.112. The molecule has 1 heterocycles. The van der Waals surface area contributed by atoms with Gasteiger partial charge >= 0.3 is 0 Å². The number of nitrogens with one attached hydrogen (secondary N) is 1. The Hall–Kier alpha value is -2.09. The summed E-state index contributed by atoms with van der Waals surface area (Å²) in [5.41, 5.74) is 4.24. The predicted molar refractivity (Wildman–Crippen MR) is 91.6 cm³/mol. The van der Waals surface area contributed by atoms with Crippen molar-refractivity contribution in [2.75, 3.05) is 5.32 Å². The van der Waals surface area contributed by atoms with Crippen molar-refractivity contribution in [1.82, 2.24) is 0 Å². The molecule has 2 aromatic carbocycles. The second kappa shape index (κ2) is 8.25. The molecule has 0 aromatic heterocycles. The Labute approximate surface area is 128 Å². The SMILES string of the molecule is CC.CC.CC1C(=O)Nc2ccccc2-c2ccccc21. The van der Waals surface area contributed by atoms with E-state index in [1.54, 1.807) is 0 Å². The molecule has 0 spiro atoms. The Morgan fingerprint density at radius 3 is 2.00 bits per heavy atom. The Bertz CT molecular complexity index is 590. The van der Waals surface area contributed by atoms with Crippen LogP contribution in [0.4, 0.5) is 5.69 Å². The molecule has 2 nitrogen and oxygen atoms in total. The van der Waals surface area contributed by atoms with Crippen LogP contribution < -0.4 is 5.32 Å². The molecule has 0 saturated carbocycles. The summed E-state index contributed by atoms with van der Waals surface area (Å²) >= 11 is 0. The largest absolute Gasteiger partial charge is 0.325 e. The molecular weight excluding hydrogens is 258 g/mol. The molecule has 0 aliphatic carbocycles. The number of fused-ring (bicyclic) bond motifs is 3. The number of amides is 1. The standard InChI is InChI=1S/C15H13NO.2C2H6/c1-10-11-6-2-3-7-12(11)13-8-4-5-9-14(13)16-15(10)17;2*1-2/h2-10H,1H3,(H,16,17);2*1-2H3. The van der Waals surface area contributed by atoms with Gasteiger partial charge in [0.2, 0.25) is 5.91 Å². The third-order valence-electron chi connectivity index (χ3n) is 3.30. The van der Waals surface area contributed by atoms with Gasteiger partial charge in [0.1, 0.15) is 0 Å². The van der Waals surface area contributed by atoms with Crippen LogP contribution in [0.25, 0.3) is 11.1 Å². The first-order valence-corrected chi connectivity index (χ1v) is 7.76. The zero-order valence-corrected chi connectivity index (χ0v) is 13.6. The first-order chi connectivity index (χ1) is 10.3. The van der Waals surface area contributed by atoms with Crippen molar-refractivity contribution in [2.45, 2.75) is 40.5 Å². The third kappa shape index (κ3) is 3.52. The lowest BCUT2D eigenvalue weighted by atomic mass is 9.92. The highest BCUT2D eigenvalue weighted by Gasteiger charge is 2.24. The lowest BCUT2D eigenvalue weighted by Gasteiger charge is -2.10. The van der Waals surface area contributed by atoms with Crippen LogP contribution in [-0.2, 0) is 4.79 Å². The van der Waals surface area contributed by atoms with Crippen molar-refractivity contribution < 1.29 is 4.79 Å². The normalized spacial score (nSPS) is 14.9. The molecule has 21 heavy (non-hydrogen) atoms. The number of anilines is 1. The average Bonchev–Trinajstić information content (AvgIpc) is 2.68. The van der Waals surface area contributed by atoms with Crippen LogP contribution in [0.2, 0.25) is 0 Å². The van der Waals surface area contributed by atoms with Crippen molar-refractivity contribution in [3.05, 3.63) is 54.1 Å². The van der Waals surface area contributed by atoms with E-state index in [1.807, 2.05) is 77.1 Å². The number of rotatable bonds is 0. The van der Waals surface area contributed by atoms with E-state index < -0.39 is 0 Å². The summed E-state index contributed by atoms with van der Waals surface area (Å²) in [5.74, 6) is -0.0546. The highest BCUT2D eigenvalue weighted by molar-refractivity contribution is 6.03. The Morgan fingerprint density at radius 2 is 1.33 bits per heavy atom. The lowest BCUT2D eigenvalue weighted by molar-refractivity contribution is -0.117. The van der Waals surface area contributed by atoms with Gasteiger partial charge in [-0.1, -0.05) is 70.2 Å². The van der Waals surface area contributed by atoms with Crippen LogP contribution in [-0.4, -0.2) is 5.91 Å². The molecule has 1 unspecified atom stereocenters. The van der Waals surface area contributed by atoms with Crippen molar-refractivity contribution in [3.63, 3.8) is 0 Å². The molecule has 0 saturated heterocycles. The van der Waals surface area contributed by atoms with Crippen molar-refractivity contribution in [3.8, 4) is 11.1 Å². The van der Waals surface area contributed by atoms with Gasteiger partial charge in [0.15, 0.2) is 0 Å². The van der Waals surface area contributed by atoms with Crippen LogP contribution in [0.5, 0.6) is 0 Å². The molecule has 2 aromatic rings. The first-order valence-electron chi connectivity index (χ1n) is 7.76. The molecule has 0 bridgehead atoms. The van der Waals surface area contributed by atoms with E-state index in [1.165, 1.54) is 0 Å². The van der Waals surface area contributed by atoms with Crippen LogP contribution in [0.1, 0.15) is 46.1 Å². The van der Waals surface area contributed by atoms with E-state index in [0.717, 1.165) is 22.4 Å². The molecule has 0 radical (unpaired) electrons. The average molecular weight is 283 g/mol. The second-order valence-corrected chi connectivity index (χ2v) is 4.34. The maximum atomic E-state index is 12.0. The van der Waals surface area contributed by atoms with Crippen molar-refractivity contribution >= 4 is 11.6 Å². The summed E-state index contributed by atoms with van der Waals surface area (Å²) < 4.78 is 0. The summed E-state index contributed by atoms with van der Waals surface area (Å²) in [4.78, 5) is 12.0. The maximum absolute atomic E-state index is 12.0. The van der Waals surface area contributed by atoms with Crippen LogP contribution in [0.3, 0.4) is 0 Å². The molecule has 3 rings (SSSR count). The molecule has 1 atom stereocenters. The van der Waals surface area contributed by atoms with Crippen molar-refractivity contribution in [1.29, 1.82) is 0 Å². The summed E-state index contributed by atoms with van der Waals surface area (Å²) in [6, 6.07) is 16.0. The van der Waals surface area contributed by atoms with Gasteiger partial charge < -0.3 is 5.32 Å². The molecule has 1 N–H and O–H groups in total. The molecule has 1 aliphatic rings. The van der Waals surface area contributed by atoms with E-state index in [4.69, 9.17) is 0 Å². The van der Waals surface area contributed by atoms with Gasteiger partial charge in [0, 0.05) is 11.3 Å². The lowest BCUT2D eigenvalue weighted by Crippen LogP contribution is -2.17. The fourth-order valence-corrected chi connectivity index (χ4v) is 2.33. The van der Waals surface area contributed by atoms with Crippen LogP contribution >= 0.6 is 0 Å². The smallest absolute Gasteiger partial charge is 0.231 e. The minimum absolute atomic E-state index is 0.0578. The number of carbonyl (C=O) groups excluding carboxylic acids is 1. The van der Waals surface area contributed by atoms with Crippen LogP contribution in [0.15, 0.2) is 48.5 Å². The number of hydrogen-bond acceptors (Lipinski definition) is 1. The molecule has 2 heteroatoms. The Balaban J connectivity index is 0.000000510. The maximum Gasteiger partial charge on any atom is 0.231 e. The topological polar surface area (TPSA) is 29.1 Å². The number of benzene rings is 2. The van der Waals surface area contributed by atoms with E-state index in [0.29, 0.717) is 0 Å². The second-order valence-electron chi connectivity index (χ2n) is 4.34. The van der Waals surface area contributed by atoms with Gasteiger partial charge in [-0.2, -0.15) is 0 Å². The van der Waals surface area contributed by atoms with Gasteiger partial charge in [-0.3, -0.25) is 4.79 Å². The third-order valence-corrected chi connectivity index (χ3v) is 3.30. The Morgan fingerprint density at radius 1 is 0.810 bits per heavy atom. The van der Waals surface area contributed by atoms with Gasteiger partial charge in [-0.05, 0) is 24.1 Å². The predicted octanol–water partition coefficient (Wildman–Crippen LogP) is 5.46. The number of carbonyl (C=O) groups is 1. The molecule has 1 amide bonds. The number of para-hydroxylation sites is 1. The summed E-state index contributed by atoms with van der Waals surface area (Å²) in [6.45, 7) is 9.94. The van der Waals surface area contributed by atoms with Crippen LogP contribution in [0, 0.1) is 0 Å². The molecule has 1 aliphatic heterocycles. The fourth-order valence-electron chi connectivity index (χ4n) is 2.33. The summed E-state index contributed by atoms with van der Waals surface area (Å²) in [7, 11) is 0. The molecule has 0 fully saturated rings. The van der Waals surface area contributed by atoms with E-state index in [-0.39, 0.29) is 11.8 Å². The monoisotopic (exact) mass is 283 g/mol. The van der Waals surface area contributed by atoms with E-state index >= 15 is 0 Å². The van der Waals surface area contributed by atoms with Crippen molar-refractivity contribution in [2.24, 2.45) is 0 Å². The Kier molecular flexibility index (Phi) is 6.67. The zero-order chi connectivity index (χ0) is 15.8. The molecule has 112 valence electrons. The number of hydrogen-bond donors (Lipinski definition) is 1. The van der Waals surface area contributed by atoms with E-state index in [9.17, 15) is 4.79 Å². The minimum Gasteiger partial charge on any atom is -0.325 e. The quantitative estimate of drug-likeness (QED) is 0.683. The molecular formula is C19H25NO. The zero-order valence-electron chi connectivity index (χ0n) is 13.6.